The molecule has 0 spiro atoms. The molecule has 3 aromatic carbocycles. The molecule has 1 atom stereocenters. The van der Waals surface area contributed by atoms with Gasteiger partial charge in [-0.15, -0.1) is 0 Å². The number of anilines is 3. The Morgan fingerprint density at radius 1 is 0.886 bits per heavy atom. The first-order valence-electron chi connectivity index (χ1n) is 11.2. The Morgan fingerprint density at radius 2 is 1.49 bits per heavy atom. The van der Waals surface area contributed by atoms with Crippen LogP contribution in [0.5, 0.6) is 11.5 Å². The fourth-order valence-electron chi connectivity index (χ4n) is 3.97. The second-order valence-corrected chi connectivity index (χ2v) is 8.30. The van der Waals surface area contributed by atoms with E-state index in [1.807, 2.05) is 37.3 Å². The molecule has 0 aromatic heterocycles. The first-order chi connectivity index (χ1) is 16.9. The van der Waals surface area contributed by atoms with Gasteiger partial charge in [0.1, 0.15) is 11.5 Å². The molecule has 0 bridgehead atoms. The number of nitrogens with zero attached hydrogens (tertiary/aromatic N) is 1. The van der Waals surface area contributed by atoms with Crippen LogP contribution < -0.4 is 25.0 Å². The number of hydrogen-bond donors (Lipinski definition) is 2. The summed E-state index contributed by atoms with van der Waals surface area (Å²) in [5.74, 6) is -0.510. The lowest BCUT2D eigenvalue weighted by Crippen LogP contribution is -2.28. The molecule has 3 amide bonds. The Bertz CT molecular complexity index is 1240. The fourth-order valence-corrected chi connectivity index (χ4v) is 3.97. The summed E-state index contributed by atoms with van der Waals surface area (Å²) >= 11 is 0. The smallest absolute Gasteiger partial charge is 0.255 e. The summed E-state index contributed by atoms with van der Waals surface area (Å²) in [6, 6.07) is 19.6. The van der Waals surface area contributed by atoms with Crippen molar-refractivity contribution in [2.75, 3.05) is 36.3 Å². The van der Waals surface area contributed by atoms with Crippen LogP contribution in [0.25, 0.3) is 0 Å². The number of aryl methyl sites for hydroxylation is 1. The van der Waals surface area contributed by atoms with E-state index in [-0.39, 0.29) is 24.1 Å². The van der Waals surface area contributed by atoms with Gasteiger partial charge in [-0.05, 0) is 31.2 Å². The SMILES string of the molecule is COc1cc(NC(=O)C2CC(=O)N(c3ccc(C)cc3)C2)c(OC)cc1NC(=O)c1ccccc1. The Morgan fingerprint density at radius 3 is 2.09 bits per heavy atom. The summed E-state index contributed by atoms with van der Waals surface area (Å²) in [6.07, 6.45) is 0.115. The van der Waals surface area contributed by atoms with Crippen LogP contribution in [0.1, 0.15) is 22.3 Å². The number of carbonyl (C=O) groups is 3. The van der Waals surface area contributed by atoms with E-state index in [9.17, 15) is 14.4 Å². The predicted octanol–water partition coefficient (Wildman–Crippen LogP) is 4.26. The van der Waals surface area contributed by atoms with Crippen molar-refractivity contribution in [3.05, 3.63) is 77.9 Å². The number of methoxy groups -OCH3 is 2. The monoisotopic (exact) mass is 473 g/mol. The van der Waals surface area contributed by atoms with Crippen LogP contribution in [0.4, 0.5) is 17.1 Å². The molecule has 1 saturated heterocycles. The van der Waals surface area contributed by atoms with Crippen LogP contribution >= 0.6 is 0 Å². The third-order valence-electron chi connectivity index (χ3n) is 5.91. The zero-order valence-electron chi connectivity index (χ0n) is 19.8. The number of benzene rings is 3. The van der Waals surface area contributed by atoms with Gasteiger partial charge < -0.3 is 25.0 Å². The number of amides is 3. The van der Waals surface area contributed by atoms with Gasteiger partial charge in [0.2, 0.25) is 11.8 Å². The Kier molecular flexibility index (Phi) is 7.01. The van der Waals surface area contributed by atoms with Crippen molar-refractivity contribution >= 4 is 34.8 Å². The lowest BCUT2D eigenvalue weighted by Gasteiger charge is -2.18. The zero-order chi connectivity index (χ0) is 24.9. The molecule has 0 saturated carbocycles. The Balaban J connectivity index is 1.50. The minimum absolute atomic E-state index is 0.0995. The molecule has 1 aliphatic heterocycles. The summed E-state index contributed by atoms with van der Waals surface area (Å²) in [5.41, 5.74) is 3.15. The lowest BCUT2D eigenvalue weighted by atomic mass is 10.1. The molecule has 0 radical (unpaired) electrons. The molecule has 1 heterocycles. The summed E-state index contributed by atoms with van der Waals surface area (Å²) in [4.78, 5) is 39.9. The number of carbonyl (C=O) groups excluding carboxylic acids is 3. The third kappa shape index (κ3) is 5.27. The zero-order valence-corrected chi connectivity index (χ0v) is 19.8. The van der Waals surface area contributed by atoms with Crippen molar-refractivity contribution in [3.63, 3.8) is 0 Å². The highest BCUT2D eigenvalue weighted by molar-refractivity contribution is 6.06. The average molecular weight is 474 g/mol. The van der Waals surface area contributed by atoms with E-state index >= 15 is 0 Å². The second kappa shape index (κ2) is 10.3. The summed E-state index contributed by atoms with van der Waals surface area (Å²) in [5, 5.41) is 5.67. The van der Waals surface area contributed by atoms with Crippen molar-refractivity contribution < 1.29 is 23.9 Å². The standard InChI is InChI=1S/C27H27N3O5/c1-17-9-11-20(12-10-17)30-16-19(13-25(30)31)27(33)29-22-15-23(34-2)21(14-24(22)35-3)28-26(32)18-7-5-4-6-8-18/h4-12,14-15,19H,13,16H2,1-3H3,(H,28,32)(H,29,33). The average Bonchev–Trinajstić information content (AvgIpc) is 3.27. The fraction of sp³-hybridized carbons (Fsp3) is 0.222. The van der Waals surface area contributed by atoms with Crippen LogP contribution in [0.3, 0.4) is 0 Å². The summed E-state index contributed by atoms with van der Waals surface area (Å²) in [7, 11) is 2.94. The van der Waals surface area contributed by atoms with Gasteiger partial charge in [-0.3, -0.25) is 14.4 Å². The van der Waals surface area contributed by atoms with E-state index in [0.29, 0.717) is 35.0 Å². The molecule has 8 nitrogen and oxygen atoms in total. The topological polar surface area (TPSA) is 97.0 Å². The van der Waals surface area contributed by atoms with Crippen LogP contribution in [0.2, 0.25) is 0 Å². The molecular formula is C27H27N3O5. The van der Waals surface area contributed by atoms with E-state index in [1.54, 1.807) is 41.3 Å². The normalized spacial score (nSPS) is 15.0. The minimum atomic E-state index is -0.517. The first-order valence-corrected chi connectivity index (χ1v) is 11.2. The maximum atomic E-state index is 13.1. The largest absolute Gasteiger partial charge is 0.494 e. The molecule has 1 fully saturated rings. The van der Waals surface area contributed by atoms with E-state index in [0.717, 1.165) is 11.3 Å². The number of hydrogen-bond acceptors (Lipinski definition) is 5. The third-order valence-corrected chi connectivity index (χ3v) is 5.91. The van der Waals surface area contributed by atoms with Gasteiger partial charge in [-0.2, -0.15) is 0 Å². The van der Waals surface area contributed by atoms with Gasteiger partial charge in [0, 0.05) is 36.3 Å². The molecule has 1 aliphatic rings. The highest BCUT2D eigenvalue weighted by Crippen LogP contribution is 2.37. The van der Waals surface area contributed by atoms with Gasteiger partial charge in [0.25, 0.3) is 5.91 Å². The minimum Gasteiger partial charge on any atom is -0.494 e. The predicted molar refractivity (Wildman–Crippen MR) is 134 cm³/mol. The maximum absolute atomic E-state index is 13.1. The van der Waals surface area contributed by atoms with Crippen LogP contribution in [-0.2, 0) is 9.59 Å². The van der Waals surface area contributed by atoms with Crippen LogP contribution in [-0.4, -0.2) is 38.5 Å². The van der Waals surface area contributed by atoms with E-state index in [1.165, 1.54) is 14.2 Å². The molecule has 4 rings (SSSR count). The maximum Gasteiger partial charge on any atom is 0.255 e. The lowest BCUT2D eigenvalue weighted by molar-refractivity contribution is -0.122. The highest BCUT2D eigenvalue weighted by atomic mass is 16.5. The van der Waals surface area contributed by atoms with Crippen molar-refractivity contribution in [1.82, 2.24) is 0 Å². The number of ether oxygens (including phenoxy) is 2. The van der Waals surface area contributed by atoms with Crippen LogP contribution in [0.15, 0.2) is 66.7 Å². The van der Waals surface area contributed by atoms with Gasteiger partial charge in [0.05, 0.1) is 31.5 Å². The van der Waals surface area contributed by atoms with E-state index in [4.69, 9.17) is 9.47 Å². The molecule has 3 aromatic rings. The van der Waals surface area contributed by atoms with Gasteiger partial charge in [0.15, 0.2) is 0 Å². The molecule has 35 heavy (non-hydrogen) atoms. The highest BCUT2D eigenvalue weighted by Gasteiger charge is 2.35. The van der Waals surface area contributed by atoms with Gasteiger partial charge >= 0.3 is 0 Å². The van der Waals surface area contributed by atoms with Gasteiger partial charge in [-0.25, -0.2) is 0 Å². The van der Waals surface area contributed by atoms with E-state index in [2.05, 4.69) is 10.6 Å². The summed E-state index contributed by atoms with van der Waals surface area (Å²) in [6.45, 7) is 2.27. The molecule has 8 heteroatoms. The molecular weight excluding hydrogens is 446 g/mol. The van der Waals surface area contributed by atoms with Crippen LogP contribution in [0, 0.1) is 12.8 Å². The summed E-state index contributed by atoms with van der Waals surface area (Å²) < 4.78 is 10.9. The second-order valence-electron chi connectivity index (χ2n) is 8.30. The molecule has 1 unspecified atom stereocenters. The van der Waals surface area contributed by atoms with E-state index < -0.39 is 5.92 Å². The van der Waals surface area contributed by atoms with Crippen molar-refractivity contribution in [2.24, 2.45) is 5.92 Å². The molecule has 0 aliphatic carbocycles. The van der Waals surface area contributed by atoms with Crippen molar-refractivity contribution in [2.45, 2.75) is 13.3 Å². The molecule has 2 N–H and O–H groups in total. The van der Waals surface area contributed by atoms with Crippen molar-refractivity contribution in [1.29, 1.82) is 0 Å². The quantitative estimate of drug-likeness (QED) is 0.535. The Hall–Kier alpha value is -4.33. The van der Waals surface area contributed by atoms with Crippen molar-refractivity contribution in [3.8, 4) is 11.5 Å². The van der Waals surface area contributed by atoms with Gasteiger partial charge in [-0.1, -0.05) is 35.9 Å². The first kappa shape index (κ1) is 23.8. The number of nitrogens with one attached hydrogen (secondary N) is 2. The number of rotatable bonds is 7. The molecule has 180 valence electrons. The Labute approximate surface area is 203 Å².